The maximum atomic E-state index is 13.5. The first-order chi connectivity index (χ1) is 13.1. The quantitative estimate of drug-likeness (QED) is 0.776. The van der Waals surface area contributed by atoms with Crippen LogP contribution in [-0.2, 0) is 14.3 Å². The van der Waals surface area contributed by atoms with Crippen LogP contribution in [0.1, 0.15) is 42.5 Å². The Morgan fingerprint density at radius 2 is 1.78 bits per heavy atom. The van der Waals surface area contributed by atoms with Crippen LogP contribution in [0.4, 0.5) is 0 Å². The Morgan fingerprint density at radius 3 is 2.48 bits per heavy atom. The van der Waals surface area contributed by atoms with Gasteiger partial charge in [0.2, 0.25) is 5.91 Å². The highest BCUT2D eigenvalue weighted by Gasteiger charge is 2.53. The molecular weight excluding hydrogens is 368 g/mol. The summed E-state index contributed by atoms with van der Waals surface area (Å²) in [5, 5.41) is 0.401. The molecule has 0 radical (unpaired) electrons. The van der Waals surface area contributed by atoms with E-state index in [0.717, 1.165) is 32.1 Å². The number of rotatable bonds is 2. The highest BCUT2D eigenvalue weighted by molar-refractivity contribution is 6.33. The molecule has 0 unspecified atom stereocenters. The highest BCUT2D eigenvalue weighted by Crippen LogP contribution is 2.42. The first-order valence-corrected chi connectivity index (χ1v) is 10.1. The lowest BCUT2D eigenvalue weighted by molar-refractivity contribution is -0.141. The number of halogens is 1. The first kappa shape index (κ1) is 18.7. The second-order valence-corrected chi connectivity index (χ2v) is 7.83. The topological polar surface area (TPSA) is 59.1 Å². The van der Waals surface area contributed by atoms with Crippen molar-refractivity contribution in [3.05, 3.63) is 34.9 Å². The van der Waals surface area contributed by atoms with Crippen LogP contribution in [0, 0.1) is 0 Å². The molecule has 2 saturated heterocycles. The molecule has 0 N–H and O–H groups in total. The summed E-state index contributed by atoms with van der Waals surface area (Å²) in [5.41, 5.74) is -0.268. The van der Waals surface area contributed by atoms with Gasteiger partial charge in [0.25, 0.3) is 5.91 Å². The summed E-state index contributed by atoms with van der Waals surface area (Å²) in [7, 11) is 0. The summed E-state index contributed by atoms with van der Waals surface area (Å²) in [6.45, 7) is 2.41. The van der Waals surface area contributed by atoms with Gasteiger partial charge in [-0.25, -0.2) is 0 Å². The van der Waals surface area contributed by atoms with E-state index in [4.69, 9.17) is 21.1 Å². The van der Waals surface area contributed by atoms with E-state index in [-0.39, 0.29) is 18.4 Å². The van der Waals surface area contributed by atoms with Crippen molar-refractivity contribution in [2.45, 2.75) is 43.9 Å². The molecule has 3 aliphatic rings. The van der Waals surface area contributed by atoms with E-state index >= 15 is 0 Å². The van der Waals surface area contributed by atoms with Crippen molar-refractivity contribution in [1.82, 2.24) is 9.80 Å². The molecular formula is C20H25ClN2O4. The van der Waals surface area contributed by atoms with E-state index in [0.29, 0.717) is 36.9 Å². The number of ether oxygens (including phenoxy) is 2. The second-order valence-electron chi connectivity index (χ2n) is 7.43. The Labute approximate surface area is 164 Å². The van der Waals surface area contributed by atoms with Crippen LogP contribution >= 0.6 is 11.6 Å². The molecule has 0 aromatic heterocycles. The summed E-state index contributed by atoms with van der Waals surface area (Å²) >= 11 is 6.30. The Morgan fingerprint density at radius 1 is 1.07 bits per heavy atom. The van der Waals surface area contributed by atoms with Crippen molar-refractivity contribution in [1.29, 1.82) is 0 Å². The fourth-order valence-electron chi connectivity index (χ4n) is 4.42. The molecule has 2 heterocycles. The summed E-state index contributed by atoms with van der Waals surface area (Å²) < 4.78 is 11.5. The molecule has 2 aliphatic heterocycles. The lowest BCUT2D eigenvalue weighted by Gasteiger charge is -2.42. The van der Waals surface area contributed by atoms with Crippen molar-refractivity contribution in [2.75, 3.05) is 32.9 Å². The Hall–Kier alpha value is -1.63. The van der Waals surface area contributed by atoms with E-state index in [2.05, 4.69) is 0 Å². The van der Waals surface area contributed by atoms with Gasteiger partial charge in [-0.05, 0) is 37.8 Å². The zero-order chi connectivity index (χ0) is 18.9. The predicted molar refractivity (Wildman–Crippen MR) is 101 cm³/mol. The number of benzene rings is 1. The first-order valence-electron chi connectivity index (χ1n) is 9.71. The number of morpholine rings is 1. The van der Waals surface area contributed by atoms with Gasteiger partial charge in [0.1, 0.15) is 11.8 Å². The van der Waals surface area contributed by atoms with Gasteiger partial charge in [-0.2, -0.15) is 0 Å². The molecule has 1 aliphatic carbocycles. The standard InChI is InChI=1S/C20H25ClN2O4/c21-16-7-3-2-6-15(16)18(24)23-17(19(25)22-10-12-26-13-11-22)14-27-20(23)8-4-1-5-9-20/h2-3,6-7,17H,1,4-5,8-14H2/t17-/m0/s1. The van der Waals surface area contributed by atoms with E-state index < -0.39 is 11.8 Å². The Kier molecular flexibility index (Phi) is 5.39. The molecule has 27 heavy (non-hydrogen) atoms. The fraction of sp³-hybridized carbons (Fsp3) is 0.600. The van der Waals surface area contributed by atoms with Gasteiger partial charge in [0, 0.05) is 13.1 Å². The van der Waals surface area contributed by atoms with E-state index in [1.807, 2.05) is 0 Å². The summed E-state index contributed by atoms with van der Waals surface area (Å²) in [5.74, 6) is -0.271. The third-order valence-corrected chi connectivity index (χ3v) is 6.16. The summed E-state index contributed by atoms with van der Waals surface area (Å²) in [4.78, 5) is 30.2. The number of amides is 2. The molecule has 3 fully saturated rings. The molecule has 1 spiro atoms. The van der Waals surface area contributed by atoms with E-state index in [1.165, 1.54) is 0 Å². The minimum Gasteiger partial charge on any atom is -0.378 e. The van der Waals surface area contributed by atoms with Crippen LogP contribution in [0.3, 0.4) is 0 Å². The van der Waals surface area contributed by atoms with Crippen molar-refractivity contribution < 1.29 is 19.1 Å². The molecule has 2 amide bonds. The van der Waals surface area contributed by atoms with Crippen LogP contribution in [-0.4, -0.2) is 66.3 Å². The SMILES string of the molecule is O=C([C@@H]1COC2(CCCCC2)N1C(=O)c1ccccc1Cl)N1CCOCC1. The molecule has 4 rings (SSSR count). The minimum absolute atomic E-state index is 0.0545. The maximum Gasteiger partial charge on any atom is 0.258 e. The average Bonchev–Trinajstić information content (AvgIpc) is 3.07. The molecule has 7 heteroatoms. The van der Waals surface area contributed by atoms with Gasteiger partial charge in [-0.1, -0.05) is 30.2 Å². The van der Waals surface area contributed by atoms with Gasteiger partial charge in [-0.15, -0.1) is 0 Å². The van der Waals surface area contributed by atoms with Gasteiger partial charge >= 0.3 is 0 Å². The molecule has 1 atom stereocenters. The Balaban J connectivity index is 1.67. The highest BCUT2D eigenvalue weighted by atomic mass is 35.5. The zero-order valence-electron chi connectivity index (χ0n) is 15.4. The molecule has 1 aromatic carbocycles. The van der Waals surface area contributed by atoms with Crippen LogP contribution < -0.4 is 0 Å². The zero-order valence-corrected chi connectivity index (χ0v) is 16.1. The smallest absolute Gasteiger partial charge is 0.258 e. The summed E-state index contributed by atoms with van der Waals surface area (Å²) in [6, 6.07) is 6.41. The van der Waals surface area contributed by atoms with Gasteiger partial charge in [0.15, 0.2) is 0 Å². The lowest BCUT2D eigenvalue weighted by Crippen LogP contribution is -2.58. The third kappa shape index (κ3) is 3.46. The van der Waals surface area contributed by atoms with Gasteiger partial charge in [-0.3, -0.25) is 14.5 Å². The number of nitrogens with zero attached hydrogens (tertiary/aromatic N) is 2. The van der Waals surface area contributed by atoms with Gasteiger partial charge < -0.3 is 14.4 Å². The Bertz CT molecular complexity index is 714. The van der Waals surface area contributed by atoms with Crippen molar-refractivity contribution in [3.63, 3.8) is 0 Å². The number of hydrogen-bond acceptors (Lipinski definition) is 4. The molecule has 146 valence electrons. The van der Waals surface area contributed by atoms with E-state index in [9.17, 15) is 9.59 Å². The number of carbonyl (C=O) groups excluding carboxylic acids is 2. The third-order valence-electron chi connectivity index (χ3n) is 5.83. The van der Waals surface area contributed by atoms with Crippen LogP contribution in [0.2, 0.25) is 5.02 Å². The second kappa shape index (κ2) is 7.78. The average molecular weight is 393 g/mol. The molecule has 1 aromatic rings. The predicted octanol–water partition coefficient (Wildman–Crippen LogP) is 2.70. The van der Waals surface area contributed by atoms with Crippen molar-refractivity contribution in [3.8, 4) is 0 Å². The summed E-state index contributed by atoms with van der Waals surface area (Å²) in [6.07, 6.45) is 4.63. The maximum absolute atomic E-state index is 13.5. The molecule has 6 nitrogen and oxygen atoms in total. The van der Waals surface area contributed by atoms with Crippen LogP contribution in [0.15, 0.2) is 24.3 Å². The largest absolute Gasteiger partial charge is 0.378 e. The van der Waals surface area contributed by atoms with Crippen LogP contribution in [0.25, 0.3) is 0 Å². The fourth-order valence-corrected chi connectivity index (χ4v) is 4.64. The minimum atomic E-state index is -0.693. The number of carbonyl (C=O) groups is 2. The van der Waals surface area contributed by atoms with Crippen molar-refractivity contribution in [2.24, 2.45) is 0 Å². The van der Waals surface area contributed by atoms with Crippen LogP contribution in [0.5, 0.6) is 0 Å². The van der Waals surface area contributed by atoms with Gasteiger partial charge in [0.05, 0.1) is 30.4 Å². The van der Waals surface area contributed by atoms with E-state index in [1.54, 1.807) is 34.1 Å². The van der Waals surface area contributed by atoms with Crippen molar-refractivity contribution >= 4 is 23.4 Å². The normalized spacial score (nSPS) is 25.0. The monoisotopic (exact) mass is 392 g/mol. The molecule has 0 bridgehead atoms. The molecule has 1 saturated carbocycles. The lowest BCUT2D eigenvalue weighted by atomic mass is 9.89. The number of hydrogen-bond donors (Lipinski definition) is 0.